The highest BCUT2D eigenvalue weighted by Crippen LogP contribution is 2.20. The molecular weight excluding hydrogens is 162 g/mol. The van der Waals surface area contributed by atoms with Gasteiger partial charge in [0.05, 0.1) is 6.07 Å². The molecule has 1 heterocycles. The van der Waals surface area contributed by atoms with E-state index in [9.17, 15) is 0 Å². The molecule has 1 aliphatic rings. The predicted molar refractivity (Wildman–Crippen MR) is 53.4 cm³/mol. The van der Waals surface area contributed by atoms with E-state index >= 15 is 0 Å². The van der Waals surface area contributed by atoms with Crippen LogP contribution in [0, 0.1) is 11.3 Å². The minimum atomic E-state index is -0.337. The molecule has 1 saturated heterocycles. The lowest BCUT2D eigenvalue weighted by Crippen LogP contribution is -2.47. The molecule has 0 aromatic heterocycles. The van der Waals surface area contributed by atoms with Crippen molar-refractivity contribution in [3.8, 4) is 6.07 Å². The van der Waals surface area contributed by atoms with E-state index in [0.717, 1.165) is 13.1 Å². The molecule has 0 bridgehead atoms. The SMILES string of the molecule is CN1CCC(N(C)C(C)(C)C#N)C1. The summed E-state index contributed by atoms with van der Waals surface area (Å²) in [6.45, 7) is 6.19. The second-order valence-corrected chi connectivity index (χ2v) is 4.49. The third-order valence-corrected chi connectivity index (χ3v) is 3.07. The van der Waals surface area contributed by atoms with Gasteiger partial charge in [0.25, 0.3) is 0 Å². The molecule has 3 nitrogen and oxygen atoms in total. The molecule has 1 aliphatic heterocycles. The Kier molecular flexibility index (Phi) is 2.94. The average Bonchev–Trinajstić information content (AvgIpc) is 2.50. The van der Waals surface area contributed by atoms with E-state index in [-0.39, 0.29) is 5.54 Å². The lowest BCUT2D eigenvalue weighted by Gasteiger charge is -2.34. The zero-order chi connectivity index (χ0) is 10.1. The zero-order valence-corrected chi connectivity index (χ0v) is 9.04. The number of nitrogens with zero attached hydrogens (tertiary/aromatic N) is 3. The van der Waals surface area contributed by atoms with Crippen molar-refractivity contribution in [2.75, 3.05) is 27.2 Å². The fourth-order valence-corrected chi connectivity index (χ4v) is 1.76. The number of hydrogen-bond acceptors (Lipinski definition) is 3. The van der Waals surface area contributed by atoms with Crippen molar-refractivity contribution >= 4 is 0 Å². The summed E-state index contributed by atoms with van der Waals surface area (Å²) in [7, 11) is 4.18. The Labute approximate surface area is 80.9 Å². The van der Waals surface area contributed by atoms with Crippen LogP contribution in [0.4, 0.5) is 0 Å². The minimum Gasteiger partial charge on any atom is -0.305 e. The molecule has 0 aliphatic carbocycles. The molecule has 74 valence electrons. The Morgan fingerprint density at radius 2 is 2.15 bits per heavy atom. The molecule has 0 aromatic rings. The van der Waals surface area contributed by atoms with Crippen molar-refractivity contribution in [2.24, 2.45) is 0 Å². The predicted octanol–water partition coefficient (Wildman–Crippen LogP) is 0.924. The Morgan fingerprint density at radius 3 is 2.54 bits per heavy atom. The molecule has 1 rings (SSSR count). The molecular formula is C10H19N3. The van der Waals surface area contributed by atoms with Gasteiger partial charge in [-0.05, 0) is 40.9 Å². The summed E-state index contributed by atoms with van der Waals surface area (Å²) >= 11 is 0. The van der Waals surface area contributed by atoms with E-state index in [0.29, 0.717) is 6.04 Å². The lowest BCUT2D eigenvalue weighted by atomic mass is 10.0. The summed E-state index contributed by atoms with van der Waals surface area (Å²) in [5.74, 6) is 0. The number of likely N-dealkylation sites (tertiary alicyclic amines) is 1. The summed E-state index contributed by atoms with van der Waals surface area (Å²) in [4.78, 5) is 4.51. The van der Waals surface area contributed by atoms with Gasteiger partial charge in [-0.2, -0.15) is 5.26 Å². The smallest absolute Gasteiger partial charge is 0.103 e. The van der Waals surface area contributed by atoms with E-state index in [4.69, 9.17) is 5.26 Å². The van der Waals surface area contributed by atoms with Crippen LogP contribution in [-0.4, -0.2) is 48.6 Å². The molecule has 13 heavy (non-hydrogen) atoms. The van der Waals surface area contributed by atoms with Crippen molar-refractivity contribution in [3.63, 3.8) is 0 Å². The van der Waals surface area contributed by atoms with Gasteiger partial charge in [0.2, 0.25) is 0 Å². The van der Waals surface area contributed by atoms with Gasteiger partial charge in [0.1, 0.15) is 5.54 Å². The highest BCUT2D eigenvalue weighted by atomic mass is 15.3. The van der Waals surface area contributed by atoms with Crippen LogP contribution in [0.3, 0.4) is 0 Å². The van der Waals surface area contributed by atoms with Crippen LogP contribution >= 0.6 is 0 Å². The first kappa shape index (κ1) is 10.5. The van der Waals surface area contributed by atoms with Gasteiger partial charge in [-0.3, -0.25) is 4.90 Å². The molecule has 1 unspecified atom stereocenters. The molecule has 0 N–H and O–H groups in total. The Hall–Kier alpha value is -0.590. The maximum absolute atomic E-state index is 8.99. The molecule has 3 heteroatoms. The molecule has 0 saturated carbocycles. The van der Waals surface area contributed by atoms with Gasteiger partial charge in [-0.1, -0.05) is 0 Å². The van der Waals surface area contributed by atoms with E-state index in [1.54, 1.807) is 0 Å². The van der Waals surface area contributed by atoms with E-state index in [2.05, 4.69) is 22.9 Å². The Balaban J connectivity index is 2.59. The molecule has 0 amide bonds. The van der Waals surface area contributed by atoms with Gasteiger partial charge in [-0.15, -0.1) is 0 Å². The maximum Gasteiger partial charge on any atom is 0.103 e. The van der Waals surface area contributed by atoms with Gasteiger partial charge in [0, 0.05) is 12.6 Å². The number of rotatable bonds is 2. The molecule has 0 spiro atoms. The molecule has 1 fully saturated rings. The maximum atomic E-state index is 8.99. The number of likely N-dealkylation sites (N-methyl/N-ethyl adjacent to an activating group) is 2. The van der Waals surface area contributed by atoms with Crippen LogP contribution in [0.2, 0.25) is 0 Å². The van der Waals surface area contributed by atoms with Gasteiger partial charge in [-0.25, -0.2) is 0 Å². The summed E-state index contributed by atoms with van der Waals surface area (Å²) in [5, 5.41) is 8.99. The van der Waals surface area contributed by atoms with Gasteiger partial charge >= 0.3 is 0 Å². The van der Waals surface area contributed by atoms with Gasteiger partial charge < -0.3 is 4.90 Å². The molecule has 0 radical (unpaired) electrons. The Morgan fingerprint density at radius 1 is 1.54 bits per heavy atom. The second-order valence-electron chi connectivity index (χ2n) is 4.49. The minimum absolute atomic E-state index is 0.337. The highest BCUT2D eigenvalue weighted by Gasteiger charge is 2.32. The van der Waals surface area contributed by atoms with Crippen LogP contribution < -0.4 is 0 Å². The third kappa shape index (κ3) is 2.20. The summed E-state index contributed by atoms with van der Waals surface area (Å²) < 4.78 is 0. The molecule has 0 aromatic carbocycles. The zero-order valence-electron chi connectivity index (χ0n) is 9.04. The first-order valence-electron chi connectivity index (χ1n) is 4.80. The number of hydrogen-bond donors (Lipinski definition) is 0. The quantitative estimate of drug-likeness (QED) is 0.634. The number of nitriles is 1. The van der Waals surface area contributed by atoms with Crippen LogP contribution in [-0.2, 0) is 0 Å². The fraction of sp³-hybridized carbons (Fsp3) is 0.900. The standard InChI is InChI=1S/C10H19N3/c1-10(2,8-11)13(4)9-5-6-12(3)7-9/h9H,5-7H2,1-4H3. The van der Waals surface area contributed by atoms with Crippen LogP contribution in [0.1, 0.15) is 20.3 Å². The van der Waals surface area contributed by atoms with E-state index < -0.39 is 0 Å². The molecule has 1 atom stereocenters. The van der Waals surface area contributed by atoms with Crippen LogP contribution in [0.5, 0.6) is 0 Å². The summed E-state index contributed by atoms with van der Waals surface area (Å²) in [6, 6.07) is 2.88. The van der Waals surface area contributed by atoms with Crippen molar-refractivity contribution in [1.29, 1.82) is 5.26 Å². The van der Waals surface area contributed by atoms with Crippen molar-refractivity contribution in [3.05, 3.63) is 0 Å². The normalized spacial score (nSPS) is 25.1. The highest BCUT2D eigenvalue weighted by molar-refractivity contribution is 5.03. The average molecular weight is 181 g/mol. The third-order valence-electron chi connectivity index (χ3n) is 3.07. The van der Waals surface area contributed by atoms with E-state index in [1.807, 2.05) is 20.9 Å². The summed E-state index contributed by atoms with van der Waals surface area (Å²) in [5.41, 5.74) is -0.337. The monoisotopic (exact) mass is 181 g/mol. The van der Waals surface area contributed by atoms with Crippen LogP contribution in [0.15, 0.2) is 0 Å². The van der Waals surface area contributed by atoms with Crippen molar-refractivity contribution in [1.82, 2.24) is 9.80 Å². The van der Waals surface area contributed by atoms with Gasteiger partial charge in [0.15, 0.2) is 0 Å². The first-order chi connectivity index (χ1) is 5.97. The lowest BCUT2D eigenvalue weighted by molar-refractivity contribution is 0.149. The second kappa shape index (κ2) is 3.65. The summed E-state index contributed by atoms with van der Waals surface area (Å²) in [6.07, 6.45) is 1.18. The first-order valence-corrected chi connectivity index (χ1v) is 4.80. The Bertz CT molecular complexity index is 217. The van der Waals surface area contributed by atoms with Crippen molar-refractivity contribution < 1.29 is 0 Å². The van der Waals surface area contributed by atoms with E-state index in [1.165, 1.54) is 6.42 Å². The topological polar surface area (TPSA) is 30.3 Å². The fourth-order valence-electron chi connectivity index (χ4n) is 1.76. The van der Waals surface area contributed by atoms with Crippen molar-refractivity contribution in [2.45, 2.75) is 31.8 Å². The largest absolute Gasteiger partial charge is 0.305 e. The van der Waals surface area contributed by atoms with Crippen LogP contribution in [0.25, 0.3) is 0 Å².